The summed E-state index contributed by atoms with van der Waals surface area (Å²) in [5, 5.41) is 2.20. The maximum absolute atomic E-state index is 6.10. The van der Waals surface area contributed by atoms with Gasteiger partial charge in [0.15, 0.2) is 0 Å². The highest BCUT2D eigenvalue weighted by Gasteiger charge is 2.10. The molecule has 0 saturated heterocycles. The van der Waals surface area contributed by atoms with Gasteiger partial charge in [0, 0.05) is 23.1 Å². The lowest BCUT2D eigenvalue weighted by Crippen LogP contribution is -2.01. The molecule has 0 amide bonds. The number of pyridine rings is 1. The van der Waals surface area contributed by atoms with Gasteiger partial charge in [0.25, 0.3) is 0 Å². The van der Waals surface area contributed by atoms with E-state index in [0.717, 1.165) is 33.0 Å². The average Bonchev–Trinajstić information content (AvgIpc) is 2.45. The summed E-state index contributed by atoms with van der Waals surface area (Å²) in [4.78, 5) is 4.39. The van der Waals surface area contributed by atoms with Crippen LogP contribution in [0.3, 0.4) is 0 Å². The van der Waals surface area contributed by atoms with Gasteiger partial charge in [-0.05, 0) is 39.0 Å². The van der Waals surface area contributed by atoms with E-state index in [2.05, 4.69) is 27.0 Å². The molecule has 20 heavy (non-hydrogen) atoms. The lowest BCUT2D eigenvalue weighted by atomic mass is 10.00. The second kappa shape index (κ2) is 5.13. The smallest absolute Gasteiger partial charge is 0.128 e. The Balaban J connectivity index is 2.13. The van der Waals surface area contributed by atoms with Gasteiger partial charge in [-0.1, -0.05) is 36.4 Å². The minimum atomic E-state index is 0.562. The van der Waals surface area contributed by atoms with E-state index in [1.165, 1.54) is 5.56 Å². The molecule has 0 atom stereocenters. The monoisotopic (exact) mass is 327 g/mol. The standard InChI is InChI=1S/C16H14BrN3/c17-15-13-4-2-1-3-12(13)14(16(19)20-15)9-10-5-7-11(18)8-6-10/h1-8H,9,18H2,(H2,19,20). The van der Waals surface area contributed by atoms with E-state index in [4.69, 9.17) is 11.5 Å². The molecule has 2 aromatic carbocycles. The summed E-state index contributed by atoms with van der Waals surface area (Å²) in [6.45, 7) is 0. The van der Waals surface area contributed by atoms with E-state index in [-0.39, 0.29) is 0 Å². The van der Waals surface area contributed by atoms with Crippen molar-refractivity contribution in [2.75, 3.05) is 11.5 Å². The van der Waals surface area contributed by atoms with Crippen molar-refractivity contribution >= 4 is 38.2 Å². The number of rotatable bonds is 2. The predicted molar refractivity (Wildman–Crippen MR) is 87.5 cm³/mol. The molecule has 4 heteroatoms. The molecule has 0 saturated carbocycles. The predicted octanol–water partition coefficient (Wildman–Crippen LogP) is 3.75. The van der Waals surface area contributed by atoms with Crippen molar-refractivity contribution in [1.29, 1.82) is 0 Å². The van der Waals surface area contributed by atoms with Crippen LogP contribution in [0.5, 0.6) is 0 Å². The Morgan fingerprint density at radius 2 is 1.55 bits per heavy atom. The van der Waals surface area contributed by atoms with Gasteiger partial charge in [-0.25, -0.2) is 4.98 Å². The molecular weight excluding hydrogens is 314 g/mol. The van der Waals surface area contributed by atoms with Crippen molar-refractivity contribution in [3.63, 3.8) is 0 Å². The van der Waals surface area contributed by atoms with Crippen molar-refractivity contribution in [3.05, 3.63) is 64.3 Å². The molecule has 0 spiro atoms. The first-order valence-corrected chi connectivity index (χ1v) is 7.11. The molecule has 3 rings (SSSR count). The summed E-state index contributed by atoms with van der Waals surface area (Å²) in [6, 6.07) is 16.0. The molecule has 0 radical (unpaired) electrons. The molecule has 0 aliphatic heterocycles. The number of hydrogen-bond acceptors (Lipinski definition) is 3. The van der Waals surface area contributed by atoms with Gasteiger partial charge >= 0.3 is 0 Å². The highest BCUT2D eigenvalue weighted by molar-refractivity contribution is 9.10. The number of benzene rings is 2. The molecule has 1 heterocycles. The Bertz CT molecular complexity index is 767. The zero-order valence-corrected chi connectivity index (χ0v) is 12.4. The van der Waals surface area contributed by atoms with E-state index in [0.29, 0.717) is 5.82 Å². The maximum Gasteiger partial charge on any atom is 0.128 e. The van der Waals surface area contributed by atoms with Crippen LogP contribution in [0.25, 0.3) is 10.8 Å². The molecular formula is C16H14BrN3. The topological polar surface area (TPSA) is 64.9 Å². The highest BCUT2D eigenvalue weighted by Crippen LogP contribution is 2.30. The van der Waals surface area contributed by atoms with Gasteiger partial charge in [-0.2, -0.15) is 0 Å². The lowest BCUT2D eigenvalue weighted by molar-refractivity contribution is 1.17. The number of aromatic nitrogens is 1. The fraction of sp³-hybridized carbons (Fsp3) is 0.0625. The number of anilines is 2. The zero-order valence-electron chi connectivity index (χ0n) is 10.8. The van der Waals surface area contributed by atoms with Crippen molar-refractivity contribution in [1.82, 2.24) is 4.98 Å². The highest BCUT2D eigenvalue weighted by atomic mass is 79.9. The van der Waals surface area contributed by atoms with E-state index in [1.807, 2.05) is 42.5 Å². The van der Waals surface area contributed by atoms with Crippen LogP contribution in [0.15, 0.2) is 53.1 Å². The molecule has 4 N–H and O–H groups in total. The number of hydrogen-bond donors (Lipinski definition) is 2. The van der Waals surface area contributed by atoms with Crippen LogP contribution in [0.4, 0.5) is 11.5 Å². The first kappa shape index (κ1) is 12.9. The summed E-state index contributed by atoms with van der Waals surface area (Å²) in [5.41, 5.74) is 14.8. The van der Waals surface area contributed by atoms with Crippen LogP contribution in [0.1, 0.15) is 11.1 Å². The third-order valence-electron chi connectivity index (χ3n) is 3.36. The first-order valence-electron chi connectivity index (χ1n) is 6.32. The largest absolute Gasteiger partial charge is 0.399 e. The summed E-state index contributed by atoms with van der Waals surface area (Å²) in [5.74, 6) is 0.562. The van der Waals surface area contributed by atoms with Gasteiger partial charge < -0.3 is 11.5 Å². The van der Waals surface area contributed by atoms with Crippen LogP contribution in [0.2, 0.25) is 0 Å². The molecule has 1 aromatic heterocycles. The Morgan fingerprint density at radius 3 is 2.25 bits per heavy atom. The second-order valence-corrected chi connectivity index (χ2v) is 5.48. The fourth-order valence-corrected chi connectivity index (χ4v) is 2.86. The Hall–Kier alpha value is -2.07. The van der Waals surface area contributed by atoms with Gasteiger partial charge in [0.05, 0.1) is 0 Å². The molecule has 3 nitrogen and oxygen atoms in total. The fourth-order valence-electron chi connectivity index (χ4n) is 2.32. The van der Waals surface area contributed by atoms with Crippen molar-refractivity contribution in [2.45, 2.75) is 6.42 Å². The van der Waals surface area contributed by atoms with Crippen molar-refractivity contribution in [2.24, 2.45) is 0 Å². The lowest BCUT2D eigenvalue weighted by Gasteiger charge is -2.11. The minimum absolute atomic E-state index is 0.562. The van der Waals surface area contributed by atoms with Crippen LogP contribution < -0.4 is 11.5 Å². The number of nitrogens with zero attached hydrogens (tertiary/aromatic N) is 1. The van der Waals surface area contributed by atoms with Crippen molar-refractivity contribution in [3.8, 4) is 0 Å². The van der Waals surface area contributed by atoms with Gasteiger partial charge in [-0.15, -0.1) is 0 Å². The van der Waals surface area contributed by atoms with Crippen LogP contribution in [-0.4, -0.2) is 4.98 Å². The Morgan fingerprint density at radius 1 is 0.900 bits per heavy atom. The summed E-state index contributed by atoms with van der Waals surface area (Å²) >= 11 is 3.47. The summed E-state index contributed by atoms with van der Waals surface area (Å²) in [6.07, 6.45) is 0.743. The normalized spacial score (nSPS) is 10.8. The van der Waals surface area contributed by atoms with E-state index in [9.17, 15) is 0 Å². The third-order valence-corrected chi connectivity index (χ3v) is 3.97. The van der Waals surface area contributed by atoms with Crippen molar-refractivity contribution < 1.29 is 0 Å². The average molecular weight is 328 g/mol. The van der Waals surface area contributed by atoms with Gasteiger partial charge in [-0.3, -0.25) is 0 Å². The molecule has 0 aliphatic carbocycles. The molecule has 0 bridgehead atoms. The molecule has 100 valence electrons. The molecule has 0 aliphatic rings. The number of nitrogens with two attached hydrogens (primary N) is 2. The maximum atomic E-state index is 6.10. The SMILES string of the molecule is Nc1ccc(Cc2c(N)nc(Br)c3ccccc23)cc1. The van der Waals surface area contributed by atoms with E-state index >= 15 is 0 Å². The number of nitrogen functional groups attached to an aromatic ring is 2. The Kier molecular flexibility index (Phi) is 3.32. The molecule has 0 unspecified atom stereocenters. The quantitative estimate of drug-likeness (QED) is 0.556. The summed E-state index contributed by atoms with van der Waals surface area (Å²) < 4.78 is 0.784. The minimum Gasteiger partial charge on any atom is -0.399 e. The van der Waals surface area contributed by atoms with Crippen LogP contribution >= 0.6 is 15.9 Å². The zero-order chi connectivity index (χ0) is 14.1. The van der Waals surface area contributed by atoms with Gasteiger partial charge in [0.1, 0.15) is 10.4 Å². The summed E-state index contributed by atoms with van der Waals surface area (Å²) in [7, 11) is 0. The van der Waals surface area contributed by atoms with Crippen LogP contribution in [-0.2, 0) is 6.42 Å². The van der Waals surface area contributed by atoms with E-state index in [1.54, 1.807) is 0 Å². The number of halogens is 1. The second-order valence-electron chi connectivity index (χ2n) is 4.73. The molecule has 0 fully saturated rings. The first-order chi connectivity index (χ1) is 9.65. The number of fused-ring (bicyclic) bond motifs is 1. The van der Waals surface area contributed by atoms with Crippen LogP contribution in [0, 0.1) is 0 Å². The Labute approximate surface area is 125 Å². The van der Waals surface area contributed by atoms with E-state index < -0.39 is 0 Å². The third kappa shape index (κ3) is 2.34. The van der Waals surface area contributed by atoms with Gasteiger partial charge in [0.2, 0.25) is 0 Å². The molecule has 3 aromatic rings.